The quantitative estimate of drug-likeness (QED) is 0.520. The van der Waals surface area contributed by atoms with Crippen molar-refractivity contribution in [2.75, 3.05) is 39.9 Å². The average Bonchev–Trinajstić information content (AvgIpc) is 2.80. The van der Waals surface area contributed by atoms with Crippen LogP contribution in [0.5, 0.6) is 0 Å². The van der Waals surface area contributed by atoms with Crippen LogP contribution in [0.1, 0.15) is 41.6 Å². The molecule has 25 heavy (non-hydrogen) atoms. The lowest BCUT2D eigenvalue weighted by molar-refractivity contribution is -0.929. The minimum atomic E-state index is -0.153. The molecule has 0 saturated carbocycles. The molecule has 2 heterocycles. The topological polar surface area (TPSA) is 46.6 Å². The van der Waals surface area contributed by atoms with E-state index < -0.39 is 0 Å². The van der Waals surface area contributed by atoms with Crippen LogP contribution in [0.4, 0.5) is 0 Å². The van der Waals surface area contributed by atoms with Crippen molar-refractivity contribution in [2.24, 2.45) is 0 Å². The lowest BCUT2D eigenvalue weighted by Gasteiger charge is -2.37. The molecule has 0 unspecified atom stereocenters. The summed E-state index contributed by atoms with van der Waals surface area (Å²) in [5, 5.41) is 0. The molecule has 2 aliphatic heterocycles. The van der Waals surface area contributed by atoms with Gasteiger partial charge in [0.15, 0.2) is 0 Å². The van der Waals surface area contributed by atoms with Gasteiger partial charge in [0.25, 0.3) is 5.91 Å². The van der Waals surface area contributed by atoms with E-state index in [2.05, 4.69) is 7.05 Å². The lowest BCUT2D eigenvalue weighted by Crippen LogP contribution is -3.00. The first-order valence-electron chi connectivity index (χ1n) is 8.92. The van der Waals surface area contributed by atoms with Gasteiger partial charge in [0.1, 0.15) is 19.6 Å². The summed E-state index contributed by atoms with van der Waals surface area (Å²) in [5.74, 6) is -0.187. The van der Waals surface area contributed by atoms with Crippen molar-refractivity contribution in [2.45, 2.75) is 32.2 Å². The molecule has 0 aliphatic carbocycles. The highest BCUT2D eigenvalue weighted by atomic mass is 35.5. The molecule has 0 spiro atoms. The van der Waals surface area contributed by atoms with Crippen molar-refractivity contribution < 1.29 is 31.2 Å². The zero-order valence-electron chi connectivity index (χ0n) is 14.9. The number of rotatable bonds is 3. The number of likely N-dealkylation sites (N-methyl/N-ethyl adjacent to an activating group) is 1. The van der Waals surface area contributed by atoms with Crippen LogP contribution in [0.25, 0.3) is 0 Å². The number of nitrogens with zero attached hydrogens (tertiary/aromatic N) is 2. The Balaban J connectivity index is 0.00000225. The van der Waals surface area contributed by atoms with Gasteiger partial charge in [0.05, 0.1) is 20.3 Å². The maximum atomic E-state index is 12.6. The molecular formula is C19H27ClN2O3. The Bertz CT molecular complexity index is 597. The van der Waals surface area contributed by atoms with E-state index in [4.69, 9.17) is 4.74 Å². The number of hydrogen-bond acceptors (Lipinski definition) is 3. The molecule has 2 saturated heterocycles. The number of hydrogen-bond donors (Lipinski definition) is 0. The van der Waals surface area contributed by atoms with Crippen LogP contribution in [0, 0.1) is 0 Å². The maximum Gasteiger partial charge on any atom is 0.260 e. The minimum absolute atomic E-state index is 0. The Hall–Kier alpha value is -1.43. The van der Waals surface area contributed by atoms with E-state index in [1.807, 2.05) is 24.3 Å². The highest BCUT2D eigenvalue weighted by molar-refractivity contribution is 6.04. The Morgan fingerprint density at radius 2 is 1.80 bits per heavy atom. The van der Waals surface area contributed by atoms with E-state index >= 15 is 0 Å². The predicted octanol–water partition coefficient (Wildman–Crippen LogP) is -0.790. The number of carbonyl (C=O) groups is 2. The number of halogens is 1. The van der Waals surface area contributed by atoms with E-state index in [1.54, 1.807) is 0 Å². The summed E-state index contributed by atoms with van der Waals surface area (Å²) in [6.45, 7) is 5.15. The molecule has 3 rings (SSSR count). The number of imide groups is 1. The Morgan fingerprint density at radius 3 is 2.48 bits per heavy atom. The van der Waals surface area contributed by atoms with Crippen molar-refractivity contribution in [1.29, 1.82) is 0 Å². The lowest BCUT2D eigenvalue weighted by atomic mass is 10.1. The van der Waals surface area contributed by atoms with Crippen LogP contribution < -0.4 is 12.4 Å². The second-order valence-electron chi connectivity index (χ2n) is 7.20. The van der Waals surface area contributed by atoms with Gasteiger partial charge in [0, 0.05) is 24.1 Å². The smallest absolute Gasteiger partial charge is 0.260 e. The zero-order valence-corrected chi connectivity index (χ0v) is 15.6. The molecular weight excluding hydrogens is 340 g/mol. The van der Waals surface area contributed by atoms with E-state index in [1.165, 1.54) is 10.5 Å². The number of carbonyl (C=O) groups excluding carboxylic acids is 2. The molecule has 6 heteroatoms. The fourth-order valence-electron chi connectivity index (χ4n) is 3.49. The molecule has 1 aromatic carbocycles. The van der Waals surface area contributed by atoms with Crippen molar-refractivity contribution in [1.82, 2.24) is 4.90 Å². The standard InChI is InChI=1S/C19H27N2O3.ClH/c1-21(11-13-24-14-12-21)15-16-6-8-17(9-7-16)19(23)20-10-4-2-3-5-18(20)22;/h6-9H,2-5,10-15H2,1H3;1H/q+1;/p-1. The van der Waals surface area contributed by atoms with Crippen LogP contribution in [0.2, 0.25) is 0 Å². The third-order valence-corrected chi connectivity index (χ3v) is 5.13. The maximum absolute atomic E-state index is 12.6. The van der Waals surface area contributed by atoms with Crippen LogP contribution >= 0.6 is 0 Å². The van der Waals surface area contributed by atoms with E-state index in [-0.39, 0.29) is 24.2 Å². The summed E-state index contributed by atoms with van der Waals surface area (Å²) in [4.78, 5) is 26.1. The number of ether oxygens (including phenoxy) is 1. The second-order valence-corrected chi connectivity index (χ2v) is 7.20. The van der Waals surface area contributed by atoms with Crippen molar-refractivity contribution in [3.63, 3.8) is 0 Å². The highest BCUT2D eigenvalue weighted by Gasteiger charge is 2.26. The summed E-state index contributed by atoms with van der Waals surface area (Å²) >= 11 is 0. The first kappa shape index (κ1) is 19.9. The molecule has 0 aromatic heterocycles. The fraction of sp³-hybridized carbons (Fsp3) is 0.579. The monoisotopic (exact) mass is 366 g/mol. The van der Waals surface area contributed by atoms with Gasteiger partial charge >= 0.3 is 0 Å². The zero-order chi connectivity index (χ0) is 17.0. The fourth-order valence-corrected chi connectivity index (χ4v) is 3.49. The van der Waals surface area contributed by atoms with Crippen molar-refractivity contribution >= 4 is 11.8 Å². The largest absolute Gasteiger partial charge is 1.00 e. The van der Waals surface area contributed by atoms with E-state index in [9.17, 15) is 9.59 Å². The normalized spacial score (nSPS) is 20.5. The summed E-state index contributed by atoms with van der Waals surface area (Å²) < 4.78 is 6.41. The van der Waals surface area contributed by atoms with Crippen LogP contribution in [0.15, 0.2) is 24.3 Å². The highest BCUT2D eigenvalue weighted by Crippen LogP contribution is 2.18. The van der Waals surface area contributed by atoms with Crippen LogP contribution in [-0.2, 0) is 16.1 Å². The van der Waals surface area contributed by atoms with Crippen LogP contribution in [-0.4, -0.2) is 61.1 Å². The molecule has 1 aromatic rings. The number of amides is 2. The first-order chi connectivity index (χ1) is 11.6. The van der Waals surface area contributed by atoms with Crippen molar-refractivity contribution in [3.05, 3.63) is 35.4 Å². The third kappa shape index (κ3) is 5.03. The summed E-state index contributed by atoms with van der Waals surface area (Å²) in [6.07, 6.45) is 3.31. The van der Waals surface area contributed by atoms with Gasteiger partial charge in [-0.1, -0.05) is 18.6 Å². The predicted molar refractivity (Wildman–Crippen MR) is 91.4 cm³/mol. The molecule has 0 atom stereocenters. The van der Waals surface area contributed by atoms with Gasteiger partial charge in [-0.15, -0.1) is 0 Å². The summed E-state index contributed by atoms with van der Waals surface area (Å²) in [7, 11) is 2.25. The second kappa shape index (κ2) is 8.79. The van der Waals surface area contributed by atoms with Gasteiger partial charge in [-0.2, -0.15) is 0 Å². The summed E-state index contributed by atoms with van der Waals surface area (Å²) in [5.41, 5.74) is 1.83. The SMILES string of the molecule is C[N+]1(Cc2ccc(C(=O)N3CCCCCC3=O)cc2)CCOCC1.[Cl-]. The molecule has 0 bridgehead atoms. The Morgan fingerprint density at radius 1 is 1.12 bits per heavy atom. The van der Waals surface area contributed by atoms with Gasteiger partial charge in [-0.3, -0.25) is 14.5 Å². The van der Waals surface area contributed by atoms with E-state index in [0.717, 1.165) is 56.6 Å². The molecule has 2 fully saturated rings. The van der Waals surface area contributed by atoms with Gasteiger partial charge in [-0.25, -0.2) is 0 Å². The van der Waals surface area contributed by atoms with Gasteiger partial charge in [0.2, 0.25) is 5.91 Å². The third-order valence-electron chi connectivity index (χ3n) is 5.13. The molecule has 0 N–H and O–H groups in total. The number of morpholine rings is 1. The summed E-state index contributed by atoms with van der Waals surface area (Å²) in [6, 6.07) is 7.77. The number of quaternary nitrogens is 1. The van der Waals surface area contributed by atoms with E-state index in [0.29, 0.717) is 18.5 Å². The number of benzene rings is 1. The molecule has 2 aliphatic rings. The molecule has 5 nitrogen and oxygen atoms in total. The Kier molecular flexibility index (Phi) is 6.99. The number of likely N-dealkylation sites (tertiary alicyclic amines) is 1. The molecule has 0 radical (unpaired) electrons. The van der Waals surface area contributed by atoms with Gasteiger partial charge < -0.3 is 21.6 Å². The van der Waals surface area contributed by atoms with Gasteiger partial charge in [-0.05, 0) is 25.0 Å². The average molecular weight is 367 g/mol. The first-order valence-corrected chi connectivity index (χ1v) is 8.92. The van der Waals surface area contributed by atoms with Crippen molar-refractivity contribution in [3.8, 4) is 0 Å². The minimum Gasteiger partial charge on any atom is -1.00 e. The van der Waals surface area contributed by atoms with Crippen LogP contribution in [0.3, 0.4) is 0 Å². The molecule has 2 amide bonds. The Labute approximate surface area is 155 Å². The molecule has 138 valence electrons.